The van der Waals surface area contributed by atoms with E-state index in [4.69, 9.17) is 5.73 Å². The molecule has 0 radical (unpaired) electrons. The van der Waals surface area contributed by atoms with Crippen molar-refractivity contribution < 1.29 is 13.2 Å². The second kappa shape index (κ2) is 4.89. The van der Waals surface area contributed by atoms with Crippen LogP contribution in [0.4, 0.5) is 13.2 Å². The molecular formula is C15H12F3N3. The number of pyridine rings is 1. The molecule has 0 amide bonds. The van der Waals surface area contributed by atoms with E-state index in [9.17, 15) is 13.2 Å². The van der Waals surface area contributed by atoms with Crippen molar-refractivity contribution in [3.63, 3.8) is 0 Å². The van der Waals surface area contributed by atoms with Crippen LogP contribution in [0.2, 0.25) is 0 Å². The van der Waals surface area contributed by atoms with Crippen molar-refractivity contribution in [2.45, 2.75) is 12.7 Å². The van der Waals surface area contributed by atoms with Gasteiger partial charge in [0.2, 0.25) is 0 Å². The van der Waals surface area contributed by atoms with Crippen LogP contribution < -0.4 is 5.73 Å². The minimum Gasteiger partial charge on any atom is -0.353 e. The maximum absolute atomic E-state index is 12.7. The van der Waals surface area contributed by atoms with Gasteiger partial charge in [0.1, 0.15) is 0 Å². The van der Waals surface area contributed by atoms with E-state index in [1.165, 1.54) is 6.07 Å². The molecule has 108 valence electrons. The van der Waals surface area contributed by atoms with Crippen LogP contribution in [0.1, 0.15) is 11.1 Å². The zero-order valence-corrected chi connectivity index (χ0v) is 10.9. The van der Waals surface area contributed by atoms with Crippen LogP contribution >= 0.6 is 0 Å². The summed E-state index contributed by atoms with van der Waals surface area (Å²) in [5.74, 6) is 0. The van der Waals surface area contributed by atoms with E-state index in [-0.39, 0.29) is 0 Å². The molecule has 0 bridgehead atoms. The first kappa shape index (κ1) is 13.6. The normalized spacial score (nSPS) is 12.0. The first-order chi connectivity index (χ1) is 9.97. The Hall–Kier alpha value is -2.34. The average molecular weight is 291 g/mol. The standard InChI is InChI=1S/C15H12F3N3/c16-15(17,18)11-2-1-10-6-14(21-12(10)7-11)13-5-9(8-19)3-4-20-13/h1-7,21H,8,19H2. The molecule has 2 heterocycles. The van der Waals surface area contributed by atoms with Gasteiger partial charge in [0.05, 0.1) is 17.0 Å². The van der Waals surface area contributed by atoms with Gasteiger partial charge < -0.3 is 10.7 Å². The number of hydrogen-bond donors (Lipinski definition) is 2. The highest BCUT2D eigenvalue weighted by atomic mass is 19.4. The average Bonchev–Trinajstić information content (AvgIpc) is 2.89. The zero-order valence-electron chi connectivity index (χ0n) is 10.9. The summed E-state index contributed by atoms with van der Waals surface area (Å²) in [7, 11) is 0. The summed E-state index contributed by atoms with van der Waals surface area (Å²) in [6.07, 6.45) is -2.72. The van der Waals surface area contributed by atoms with E-state index in [2.05, 4.69) is 9.97 Å². The van der Waals surface area contributed by atoms with Crippen LogP contribution in [0.25, 0.3) is 22.3 Å². The molecule has 1 aromatic carbocycles. The van der Waals surface area contributed by atoms with Crippen LogP contribution in [0.3, 0.4) is 0 Å². The number of alkyl halides is 3. The Labute approximate surface area is 118 Å². The van der Waals surface area contributed by atoms with Crippen LogP contribution in [-0.4, -0.2) is 9.97 Å². The molecule has 0 saturated carbocycles. The molecule has 0 spiro atoms. The fraction of sp³-hybridized carbons (Fsp3) is 0.133. The van der Waals surface area contributed by atoms with E-state index in [1.807, 2.05) is 6.07 Å². The fourth-order valence-corrected chi connectivity index (χ4v) is 2.19. The van der Waals surface area contributed by atoms with E-state index in [0.29, 0.717) is 28.8 Å². The SMILES string of the molecule is NCc1ccnc(-c2cc3ccc(C(F)(F)F)cc3[nH]2)c1. The van der Waals surface area contributed by atoms with Crippen molar-refractivity contribution in [3.8, 4) is 11.4 Å². The molecule has 3 rings (SSSR count). The number of benzene rings is 1. The lowest BCUT2D eigenvalue weighted by Crippen LogP contribution is -2.03. The third-order valence-electron chi connectivity index (χ3n) is 3.29. The number of nitrogens with one attached hydrogen (secondary N) is 1. The van der Waals surface area contributed by atoms with Crippen LogP contribution in [0.5, 0.6) is 0 Å². The molecule has 0 aliphatic rings. The maximum Gasteiger partial charge on any atom is 0.416 e. The summed E-state index contributed by atoms with van der Waals surface area (Å²) in [6.45, 7) is 0.383. The Balaban J connectivity index is 2.08. The van der Waals surface area contributed by atoms with Gasteiger partial charge in [0.25, 0.3) is 0 Å². The lowest BCUT2D eigenvalue weighted by atomic mass is 10.1. The van der Waals surface area contributed by atoms with Crippen molar-refractivity contribution in [1.29, 1.82) is 0 Å². The molecule has 0 saturated heterocycles. The van der Waals surface area contributed by atoms with Crippen molar-refractivity contribution >= 4 is 10.9 Å². The van der Waals surface area contributed by atoms with Gasteiger partial charge in [-0.3, -0.25) is 4.98 Å². The van der Waals surface area contributed by atoms with Crippen molar-refractivity contribution in [2.75, 3.05) is 0 Å². The molecule has 0 aliphatic carbocycles. The van der Waals surface area contributed by atoms with Gasteiger partial charge in [0, 0.05) is 23.6 Å². The largest absolute Gasteiger partial charge is 0.416 e. The Kier molecular flexibility index (Phi) is 3.17. The monoisotopic (exact) mass is 291 g/mol. The number of aromatic amines is 1. The summed E-state index contributed by atoms with van der Waals surface area (Å²) >= 11 is 0. The number of nitrogens with zero attached hydrogens (tertiary/aromatic N) is 1. The number of nitrogens with two attached hydrogens (primary N) is 1. The molecule has 2 aromatic heterocycles. The zero-order chi connectivity index (χ0) is 15.0. The summed E-state index contributed by atoms with van der Waals surface area (Å²) in [5.41, 5.74) is 7.57. The molecule has 3 nitrogen and oxygen atoms in total. The van der Waals surface area contributed by atoms with E-state index in [1.54, 1.807) is 18.3 Å². The maximum atomic E-state index is 12.7. The topological polar surface area (TPSA) is 54.7 Å². The highest BCUT2D eigenvalue weighted by Gasteiger charge is 2.30. The van der Waals surface area contributed by atoms with Gasteiger partial charge in [0.15, 0.2) is 0 Å². The number of aromatic nitrogens is 2. The van der Waals surface area contributed by atoms with Gasteiger partial charge in [-0.15, -0.1) is 0 Å². The molecule has 0 fully saturated rings. The van der Waals surface area contributed by atoms with Crippen molar-refractivity contribution in [1.82, 2.24) is 9.97 Å². The second-order valence-corrected chi connectivity index (χ2v) is 4.74. The lowest BCUT2D eigenvalue weighted by Gasteiger charge is -2.05. The van der Waals surface area contributed by atoms with E-state index in [0.717, 1.165) is 17.7 Å². The highest BCUT2D eigenvalue weighted by Crippen LogP contribution is 2.32. The van der Waals surface area contributed by atoms with Crippen LogP contribution in [0.15, 0.2) is 42.6 Å². The van der Waals surface area contributed by atoms with Gasteiger partial charge >= 0.3 is 6.18 Å². The fourth-order valence-electron chi connectivity index (χ4n) is 2.19. The quantitative estimate of drug-likeness (QED) is 0.756. The third kappa shape index (κ3) is 2.62. The van der Waals surface area contributed by atoms with Crippen molar-refractivity contribution in [3.05, 3.63) is 53.7 Å². The van der Waals surface area contributed by atoms with Gasteiger partial charge in [-0.2, -0.15) is 13.2 Å². The predicted octanol–water partition coefficient (Wildman–Crippen LogP) is 3.71. The molecule has 21 heavy (non-hydrogen) atoms. The Morgan fingerprint density at radius 2 is 1.90 bits per heavy atom. The smallest absolute Gasteiger partial charge is 0.353 e. The number of H-pyrrole nitrogens is 1. The molecule has 6 heteroatoms. The minimum atomic E-state index is -4.35. The minimum absolute atomic E-state index is 0.383. The Morgan fingerprint density at radius 3 is 2.62 bits per heavy atom. The van der Waals surface area contributed by atoms with Gasteiger partial charge in [-0.25, -0.2) is 0 Å². The number of fused-ring (bicyclic) bond motifs is 1. The highest BCUT2D eigenvalue weighted by molar-refractivity contribution is 5.85. The summed E-state index contributed by atoms with van der Waals surface area (Å²) < 4.78 is 38.1. The number of hydrogen-bond acceptors (Lipinski definition) is 2. The molecule has 3 aromatic rings. The van der Waals surface area contributed by atoms with E-state index < -0.39 is 11.7 Å². The first-order valence-corrected chi connectivity index (χ1v) is 6.33. The van der Waals surface area contributed by atoms with Crippen LogP contribution in [-0.2, 0) is 12.7 Å². The molecule has 0 unspecified atom stereocenters. The molecule has 3 N–H and O–H groups in total. The summed E-state index contributed by atoms with van der Waals surface area (Å²) in [4.78, 5) is 7.19. The number of rotatable bonds is 2. The summed E-state index contributed by atoms with van der Waals surface area (Å²) in [5, 5.41) is 0.706. The predicted molar refractivity (Wildman–Crippen MR) is 74.4 cm³/mol. The summed E-state index contributed by atoms with van der Waals surface area (Å²) in [6, 6.07) is 9.02. The molecule has 0 atom stereocenters. The van der Waals surface area contributed by atoms with E-state index >= 15 is 0 Å². The van der Waals surface area contributed by atoms with Crippen molar-refractivity contribution in [2.24, 2.45) is 5.73 Å². The number of halogens is 3. The second-order valence-electron chi connectivity index (χ2n) is 4.74. The van der Waals surface area contributed by atoms with Gasteiger partial charge in [-0.1, -0.05) is 6.07 Å². The molecule has 0 aliphatic heterocycles. The third-order valence-corrected chi connectivity index (χ3v) is 3.29. The lowest BCUT2D eigenvalue weighted by molar-refractivity contribution is -0.137. The van der Waals surface area contributed by atoms with Crippen LogP contribution in [0, 0.1) is 0 Å². The molecular weight excluding hydrogens is 279 g/mol. The Morgan fingerprint density at radius 1 is 1.10 bits per heavy atom. The Bertz CT molecular complexity index is 790. The first-order valence-electron chi connectivity index (χ1n) is 6.33. The van der Waals surface area contributed by atoms with Gasteiger partial charge in [-0.05, 0) is 35.9 Å².